The van der Waals surface area contributed by atoms with Gasteiger partial charge in [-0.15, -0.1) is 13.2 Å². The number of anilines is 1. The van der Waals surface area contributed by atoms with Gasteiger partial charge in [-0.2, -0.15) is 0 Å². The zero-order valence-corrected chi connectivity index (χ0v) is 18.5. The predicted molar refractivity (Wildman–Crippen MR) is 119 cm³/mol. The molecule has 0 bridgehead atoms. The Morgan fingerprint density at radius 1 is 1.12 bits per heavy atom. The second kappa shape index (κ2) is 10.0. The number of piperazine rings is 1. The van der Waals surface area contributed by atoms with Gasteiger partial charge in [-0.25, -0.2) is 0 Å². The predicted octanol–water partition coefficient (Wildman–Crippen LogP) is 3.77. The van der Waals surface area contributed by atoms with Gasteiger partial charge < -0.3 is 19.7 Å². The summed E-state index contributed by atoms with van der Waals surface area (Å²) in [6.07, 6.45) is -2.98. The zero-order valence-electron chi connectivity index (χ0n) is 18.5. The molecule has 0 aliphatic carbocycles. The van der Waals surface area contributed by atoms with Gasteiger partial charge in [0.25, 0.3) is 5.91 Å². The lowest BCUT2D eigenvalue weighted by molar-refractivity contribution is -0.274. The Bertz CT molecular complexity index is 958. The number of halogens is 3. The highest BCUT2D eigenvalue weighted by atomic mass is 19.4. The van der Waals surface area contributed by atoms with Crippen LogP contribution in [0, 0.1) is 0 Å². The first-order valence-electron chi connectivity index (χ1n) is 11.1. The van der Waals surface area contributed by atoms with Crippen molar-refractivity contribution in [2.24, 2.45) is 0 Å². The summed E-state index contributed by atoms with van der Waals surface area (Å²) in [5.41, 5.74) is 3.90. The van der Waals surface area contributed by atoms with Crippen LogP contribution in [0.3, 0.4) is 0 Å². The average molecular weight is 464 g/mol. The summed E-state index contributed by atoms with van der Waals surface area (Å²) in [5.74, 6) is -0.290. The average Bonchev–Trinajstić information content (AvgIpc) is 2.81. The van der Waals surface area contributed by atoms with Crippen LogP contribution in [-0.4, -0.2) is 63.5 Å². The molecule has 2 aromatic carbocycles. The smallest absolute Gasteiger partial charge is 0.406 e. The Labute approximate surface area is 191 Å². The number of amides is 1. The van der Waals surface area contributed by atoms with Crippen LogP contribution in [-0.2, 0) is 11.2 Å². The summed E-state index contributed by atoms with van der Waals surface area (Å²) in [6, 6.07) is 11.9. The van der Waals surface area contributed by atoms with Gasteiger partial charge in [0, 0.05) is 51.0 Å². The lowest BCUT2D eigenvalue weighted by Crippen LogP contribution is -2.46. The summed E-state index contributed by atoms with van der Waals surface area (Å²) in [4.78, 5) is 16.5. The molecule has 1 amide bonds. The lowest BCUT2D eigenvalue weighted by atomic mass is 9.93. The fourth-order valence-electron chi connectivity index (χ4n) is 4.45. The molecule has 9 heteroatoms. The molecule has 0 aromatic heterocycles. The molecule has 6 nitrogen and oxygen atoms in total. The van der Waals surface area contributed by atoms with Gasteiger partial charge in [-0.1, -0.05) is 6.07 Å². The van der Waals surface area contributed by atoms with Gasteiger partial charge in [0.1, 0.15) is 5.75 Å². The summed E-state index contributed by atoms with van der Waals surface area (Å²) in [7, 11) is 1.63. The largest absolute Gasteiger partial charge is 0.573 e. The van der Waals surface area contributed by atoms with Crippen molar-refractivity contribution < 1.29 is 27.4 Å². The second-order valence-electron chi connectivity index (χ2n) is 8.26. The molecule has 178 valence electrons. The van der Waals surface area contributed by atoms with Gasteiger partial charge in [0.05, 0.1) is 12.7 Å². The molecule has 2 heterocycles. The molecule has 0 radical (unpaired) electrons. The van der Waals surface area contributed by atoms with Crippen molar-refractivity contribution in [2.45, 2.75) is 25.3 Å². The van der Waals surface area contributed by atoms with Gasteiger partial charge in [-0.05, 0) is 60.4 Å². The standard InChI is InChI=1S/C24H28F3N3O3/c1-28-23(31)18-2-7-21-17(16-18)9-15-32-22(21)8-10-29-11-13-30(14-12-29)19-3-5-20(6-4-19)33-24(25,26)27/h2-7,16,22H,8-15H2,1H3,(H,28,31). The molecule has 1 atom stereocenters. The van der Waals surface area contributed by atoms with Crippen molar-refractivity contribution in [3.8, 4) is 5.75 Å². The Morgan fingerprint density at radius 2 is 1.85 bits per heavy atom. The normalized spacial score (nSPS) is 19.2. The molecule has 0 spiro atoms. The maximum Gasteiger partial charge on any atom is 0.573 e. The van der Waals surface area contributed by atoms with Crippen LogP contribution in [0.4, 0.5) is 18.9 Å². The summed E-state index contributed by atoms with van der Waals surface area (Å²) >= 11 is 0. The number of nitrogens with zero attached hydrogens (tertiary/aromatic N) is 2. The van der Waals surface area contributed by atoms with E-state index in [9.17, 15) is 18.0 Å². The first-order valence-corrected chi connectivity index (χ1v) is 11.1. The van der Waals surface area contributed by atoms with E-state index in [1.54, 1.807) is 19.2 Å². The van der Waals surface area contributed by atoms with Crippen molar-refractivity contribution in [3.05, 3.63) is 59.2 Å². The number of carbonyl (C=O) groups excluding carboxylic acids is 1. The first-order chi connectivity index (χ1) is 15.8. The van der Waals surface area contributed by atoms with E-state index in [2.05, 4.69) is 19.9 Å². The number of benzene rings is 2. The van der Waals surface area contributed by atoms with E-state index >= 15 is 0 Å². The Morgan fingerprint density at radius 3 is 2.52 bits per heavy atom. The number of carbonyl (C=O) groups is 1. The van der Waals surface area contributed by atoms with Crippen LogP contribution in [0.15, 0.2) is 42.5 Å². The minimum Gasteiger partial charge on any atom is -0.406 e. The highest BCUT2D eigenvalue weighted by molar-refractivity contribution is 5.94. The molecule has 0 saturated carbocycles. The molecule has 33 heavy (non-hydrogen) atoms. The highest BCUT2D eigenvalue weighted by Gasteiger charge is 2.31. The van der Waals surface area contributed by atoms with E-state index in [1.165, 1.54) is 17.7 Å². The van der Waals surface area contributed by atoms with Crippen LogP contribution < -0.4 is 15.0 Å². The third-order valence-electron chi connectivity index (χ3n) is 6.18. The molecule has 1 saturated heterocycles. The van der Waals surface area contributed by atoms with Crippen molar-refractivity contribution in [3.63, 3.8) is 0 Å². The first kappa shape index (κ1) is 23.4. The summed E-state index contributed by atoms with van der Waals surface area (Å²) < 4.78 is 47.0. The third-order valence-corrected chi connectivity index (χ3v) is 6.18. The van der Waals surface area contributed by atoms with Crippen LogP contribution in [0.2, 0.25) is 0 Å². The fraction of sp³-hybridized carbons (Fsp3) is 0.458. The van der Waals surface area contributed by atoms with Crippen molar-refractivity contribution >= 4 is 11.6 Å². The van der Waals surface area contributed by atoms with Crippen LogP contribution in [0.25, 0.3) is 0 Å². The maximum atomic E-state index is 12.3. The number of alkyl halides is 3. The van der Waals surface area contributed by atoms with Crippen molar-refractivity contribution in [2.75, 3.05) is 51.3 Å². The molecule has 2 aliphatic heterocycles. The summed E-state index contributed by atoms with van der Waals surface area (Å²) in [6.45, 7) is 4.89. The van der Waals surface area contributed by atoms with E-state index in [0.29, 0.717) is 12.2 Å². The molecule has 1 unspecified atom stereocenters. The Kier molecular flexibility index (Phi) is 7.09. The van der Waals surface area contributed by atoms with E-state index < -0.39 is 6.36 Å². The van der Waals surface area contributed by atoms with Crippen LogP contribution >= 0.6 is 0 Å². The number of hydrogen-bond donors (Lipinski definition) is 1. The fourth-order valence-corrected chi connectivity index (χ4v) is 4.45. The molecule has 1 N–H and O–H groups in total. The minimum atomic E-state index is -4.68. The third kappa shape index (κ3) is 5.97. The number of hydrogen-bond acceptors (Lipinski definition) is 5. The number of fused-ring (bicyclic) bond motifs is 1. The number of rotatable bonds is 6. The second-order valence-corrected chi connectivity index (χ2v) is 8.26. The topological polar surface area (TPSA) is 54.0 Å². The monoisotopic (exact) mass is 463 g/mol. The van der Waals surface area contributed by atoms with Gasteiger partial charge in [0.2, 0.25) is 0 Å². The van der Waals surface area contributed by atoms with Crippen molar-refractivity contribution in [1.29, 1.82) is 0 Å². The molecular formula is C24H28F3N3O3. The van der Waals surface area contributed by atoms with Gasteiger partial charge in [-0.3, -0.25) is 9.69 Å². The number of ether oxygens (including phenoxy) is 2. The highest BCUT2D eigenvalue weighted by Crippen LogP contribution is 2.31. The van der Waals surface area contributed by atoms with Crippen LogP contribution in [0.1, 0.15) is 34.0 Å². The van der Waals surface area contributed by atoms with Gasteiger partial charge >= 0.3 is 6.36 Å². The molecular weight excluding hydrogens is 435 g/mol. The quantitative estimate of drug-likeness (QED) is 0.707. The lowest BCUT2D eigenvalue weighted by Gasteiger charge is -2.37. The van der Waals surface area contributed by atoms with E-state index in [0.717, 1.165) is 56.8 Å². The van der Waals surface area contributed by atoms with E-state index in [-0.39, 0.29) is 17.8 Å². The molecule has 2 aromatic rings. The van der Waals surface area contributed by atoms with Crippen molar-refractivity contribution in [1.82, 2.24) is 10.2 Å². The molecule has 2 aliphatic rings. The van der Waals surface area contributed by atoms with E-state index in [1.807, 2.05) is 18.2 Å². The van der Waals surface area contributed by atoms with Gasteiger partial charge in [0.15, 0.2) is 0 Å². The molecule has 4 rings (SSSR count). The zero-order chi connectivity index (χ0) is 23.4. The summed E-state index contributed by atoms with van der Waals surface area (Å²) in [5, 5.41) is 2.66. The number of nitrogens with one attached hydrogen (secondary N) is 1. The Balaban J connectivity index is 1.28. The maximum absolute atomic E-state index is 12.3. The van der Waals surface area contributed by atoms with Crippen LogP contribution in [0.5, 0.6) is 5.75 Å². The Hall–Kier alpha value is -2.78. The molecule has 1 fully saturated rings. The SMILES string of the molecule is CNC(=O)c1ccc2c(c1)CCOC2CCN1CCN(c2ccc(OC(F)(F)F)cc2)CC1. The minimum absolute atomic E-state index is 0.0201. The van der Waals surface area contributed by atoms with E-state index in [4.69, 9.17) is 4.74 Å².